The van der Waals surface area contributed by atoms with E-state index in [2.05, 4.69) is 10.1 Å². The zero-order valence-corrected chi connectivity index (χ0v) is 11.5. The molecule has 0 aliphatic heterocycles. The lowest BCUT2D eigenvalue weighted by atomic mass is 10.2. The van der Waals surface area contributed by atoms with E-state index >= 15 is 0 Å². The Labute approximate surface area is 115 Å². The smallest absolute Gasteiger partial charge is 0.230 e. The second-order valence-electron chi connectivity index (χ2n) is 3.93. The van der Waals surface area contributed by atoms with Gasteiger partial charge in [-0.3, -0.25) is 0 Å². The Hall–Kier alpha value is -1.04. The van der Waals surface area contributed by atoms with Crippen LogP contribution in [0.5, 0.6) is 0 Å². The van der Waals surface area contributed by atoms with Gasteiger partial charge in [-0.25, -0.2) is 0 Å². The van der Waals surface area contributed by atoms with Crippen LogP contribution in [-0.2, 0) is 5.75 Å². The molecule has 0 fully saturated rings. The van der Waals surface area contributed by atoms with Gasteiger partial charge in [-0.05, 0) is 24.3 Å². The fourth-order valence-corrected chi connectivity index (χ4v) is 2.17. The van der Waals surface area contributed by atoms with Crippen LogP contribution in [0.2, 0.25) is 5.02 Å². The molecular formula is C12H14ClN3OS. The van der Waals surface area contributed by atoms with Gasteiger partial charge < -0.3 is 10.3 Å². The summed E-state index contributed by atoms with van der Waals surface area (Å²) >= 11 is 7.46. The molecule has 1 atom stereocenters. The van der Waals surface area contributed by atoms with Crippen LogP contribution >= 0.6 is 23.4 Å². The largest absolute Gasteiger partial charge is 0.339 e. The van der Waals surface area contributed by atoms with E-state index in [1.54, 1.807) is 11.8 Å². The number of aromatic nitrogens is 2. The molecule has 0 aliphatic carbocycles. The predicted molar refractivity (Wildman–Crippen MR) is 72.8 cm³/mol. The van der Waals surface area contributed by atoms with Crippen molar-refractivity contribution in [1.82, 2.24) is 10.1 Å². The third-order valence-electron chi connectivity index (χ3n) is 2.44. The highest BCUT2D eigenvalue weighted by molar-refractivity contribution is 7.98. The van der Waals surface area contributed by atoms with Gasteiger partial charge in [0.25, 0.3) is 0 Å². The topological polar surface area (TPSA) is 64.9 Å². The van der Waals surface area contributed by atoms with Crippen molar-refractivity contribution >= 4 is 23.4 Å². The third kappa shape index (κ3) is 3.48. The first-order valence-electron chi connectivity index (χ1n) is 5.60. The van der Waals surface area contributed by atoms with Crippen molar-refractivity contribution in [3.8, 4) is 0 Å². The van der Waals surface area contributed by atoms with Crippen LogP contribution in [0.4, 0.5) is 0 Å². The van der Waals surface area contributed by atoms with E-state index in [-0.39, 0.29) is 5.92 Å². The summed E-state index contributed by atoms with van der Waals surface area (Å²) in [5.74, 6) is 2.06. The molecule has 96 valence electrons. The molecule has 6 heteroatoms. The summed E-state index contributed by atoms with van der Waals surface area (Å²) in [6.07, 6.45) is 0. The Morgan fingerprint density at radius 1 is 1.39 bits per heavy atom. The number of rotatable bonds is 5. The van der Waals surface area contributed by atoms with E-state index < -0.39 is 0 Å². The maximum atomic E-state index is 5.82. The van der Waals surface area contributed by atoms with Crippen molar-refractivity contribution in [2.75, 3.05) is 6.54 Å². The van der Waals surface area contributed by atoms with Crippen molar-refractivity contribution in [3.63, 3.8) is 0 Å². The fraction of sp³-hybridized carbons (Fsp3) is 0.333. The van der Waals surface area contributed by atoms with Gasteiger partial charge >= 0.3 is 0 Å². The Morgan fingerprint density at radius 3 is 2.78 bits per heavy atom. The maximum Gasteiger partial charge on any atom is 0.230 e. The fourth-order valence-electron chi connectivity index (χ4n) is 1.31. The van der Waals surface area contributed by atoms with E-state index in [1.165, 1.54) is 0 Å². The number of nitrogens with zero attached hydrogens (tertiary/aromatic N) is 2. The minimum Gasteiger partial charge on any atom is -0.339 e. The van der Waals surface area contributed by atoms with Crippen LogP contribution in [0.3, 0.4) is 0 Å². The van der Waals surface area contributed by atoms with Crippen LogP contribution in [0.25, 0.3) is 0 Å². The normalized spacial score (nSPS) is 12.6. The second kappa shape index (κ2) is 6.22. The average Bonchev–Trinajstić information content (AvgIpc) is 2.86. The molecule has 18 heavy (non-hydrogen) atoms. The summed E-state index contributed by atoms with van der Waals surface area (Å²) < 4.78 is 5.15. The molecule has 0 amide bonds. The minimum absolute atomic E-state index is 0.104. The summed E-state index contributed by atoms with van der Waals surface area (Å²) in [5.41, 5.74) is 5.55. The number of thioether (sulfide) groups is 1. The van der Waals surface area contributed by atoms with E-state index in [0.29, 0.717) is 24.0 Å². The summed E-state index contributed by atoms with van der Waals surface area (Å²) in [7, 11) is 0. The van der Waals surface area contributed by atoms with E-state index in [4.69, 9.17) is 21.9 Å². The lowest BCUT2D eigenvalue weighted by Crippen LogP contribution is -2.09. The summed E-state index contributed by atoms with van der Waals surface area (Å²) in [6.45, 7) is 2.47. The Morgan fingerprint density at radius 2 is 2.11 bits per heavy atom. The van der Waals surface area contributed by atoms with Crippen LogP contribution in [0, 0.1) is 0 Å². The van der Waals surface area contributed by atoms with E-state index in [1.807, 2.05) is 31.2 Å². The molecule has 0 bridgehead atoms. The van der Waals surface area contributed by atoms with Crippen molar-refractivity contribution in [2.24, 2.45) is 5.73 Å². The number of hydrogen-bond acceptors (Lipinski definition) is 5. The van der Waals surface area contributed by atoms with Gasteiger partial charge in [-0.2, -0.15) is 4.98 Å². The molecule has 4 nitrogen and oxygen atoms in total. The average molecular weight is 284 g/mol. The first kappa shape index (κ1) is 13.4. The van der Waals surface area contributed by atoms with Crippen LogP contribution < -0.4 is 5.73 Å². The Kier molecular flexibility index (Phi) is 4.63. The van der Waals surface area contributed by atoms with Gasteiger partial charge in [0, 0.05) is 22.4 Å². The highest BCUT2D eigenvalue weighted by atomic mass is 35.5. The maximum absolute atomic E-state index is 5.82. The molecule has 1 unspecified atom stereocenters. The van der Waals surface area contributed by atoms with Gasteiger partial charge in [-0.1, -0.05) is 23.7 Å². The molecule has 0 spiro atoms. The minimum atomic E-state index is 0.104. The molecule has 1 heterocycles. The monoisotopic (exact) mass is 283 g/mol. The van der Waals surface area contributed by atoms with Crippen LogP contribution in [-0.4, -0.2) is 16.7 Å². The van der Waals surface area contributed by atoms with Gasteiger partial charge in [0.15, 0.2) is 5.82 Å². The summed E-state index contributed by atoms with van der Waals surface area (Å²) in [6, 6.07) is 7.66. The zero-order valence-electron chi connectivity index (χ0n) is 9.97. The highest BCUT2D eigenvalue weighted by Crippen LogP contribution is 2.23. The second-order valence-corrected chi connectivity index (χ2v) is 5.41. The standard InChI is InChI=1S/C12H14ClN3OS/c1-8(6-14)12-15-11(16-17-12)7-18-10-4-2-9(13)3-5-10/h2-5,8H,6-7,14H2,1H3. The zero-order chi connectivity index (χ0) is 13.0. The first-order chi connectivity index (χ1) is 8.69. The van der Waals surface area contributed by atoms with Crippen LogP contribution in [0.15, 0.2) is 33.7 Å². The molecular weight excluding hydrogens is 270 g/mol. The molecule has 0 saturated heterocycles. The van der Waals surface area contributed by atoms with Gasteiger partial charge in [0.2, 0.25) is 5.89 Å². The quantitative estimate of drug-likeness (QED) is 0.854. The van der Waals surface area contributed by atoms with Gasteiger partial charge in [-0.15, -0.1) is 11.8 Å². The highest BCUT2D eigenvalue weighted by Gasteiger charge is 2.12. The summed E-state index contributed by atoms with van der Waals surface area (Å²) in [5, 5.41) is 4.66. The van der Waals surface area contributed by atoms with Crippen molar-refractivity contribution in [1.29, 1.82) is 0 Å². The van der Waals surface area contributed by atoms with Crippen molar-refractivity contribution in [2.45, 2.75) is 23.5 Å². The predicted octanol–water partition coefficient (Wildman–Crippen LogP) is 3.08. The van der Waals surface area contributed by atoms with Crippen molar-refractivity contribution < 1.29 is 4.52 Å². The third-order valence-corrected chi connectivity index (χ3v) is 3.70. The number of halogens is 1. The van der Waals surface area contributed by atoms with Gasteiger partial charge in [0.05, 0.1) is 5.75 Å². The molecule has 0 saturated carbocycles. The van der Waals surface area contributed by atoms with E-state index in [0.717, 1.165) is 9.92 Å². The lowest BCUT2D eigenvalue weighted by Gasteiger charge is -1.99. The Bertz CT molecular complexity index is 500. The Balaban J connectivity index is 1.94. The molecule has 1 aromatic heterocycles. The molecule has 2 aromatic rings. The van der Waals surface area contributed by atoms with Crippen molar-refractivity contribution in [3.05, 3.63) is 41.0 Å². The van der Waals surface area contributed by atoms with Crippen LogP contribution in [0.1, 0.15) is 24.6 Å². The molecule has 1 aromatic carbocycles. The molecule has 0 radical (unpaired) electrons. The van der Waals surface area contributed by atoms with E-state index in [9.17, 15) is 0 Å². The summed E-state index contributed by atoms with van der Waals surface area (Å²) in [4.78, 5) is 5.43. The number of nitrogens with two attached hydrogens (primary N) is 1. The van der Waals surface area contributed by atoms with Gasteiger partial charge in [0.1, 0.15) is 0 Å². The SMILES string of the molecule is CC(CN)c1nc(CSc2ccc(Cl)cc2)no1. The number of benzene rings is 1. The molecule has 2 rings (SSSR count). The molecule has 0 aliphatic rings. The molecule has 2 N–H and O–H groups in total. The number of hydrogen-bond donors (Lipinski definition) is 1. The lowest BCUT2D eigenvalue weighted by molar-refractivity contribution is 0.358. The first-order valence-corrected chi connectivity index (χ1v) is 6.96.